The normalized spacial score (nSPS) is 16.6. The second-order valence-corrected chi connectivity index (χ2v) is 7.71. The lowest BCUT2D eigenvalue weighted by Crippen LogP contribution is -2.39. The van der Waals surface area contributed by atoms with Crippen LogP contribution in [-0.4, -0.2) is 53.6 Å². The molecule has 0 aromatic heterocycles. The maximum Gasteiger partial charge on any atom is 0.305 e. The van der Waals surface area contributed by atoms with Crippen molar-refractivity contribution in [2.45, 2.75) is 44.9 Å². The lowest BCUT2D eigenvalue weighted by atomic mass is 10.0. The van der Waals surface area contributed by atoms with Crippen molar-refractivity contribution in [1.29, 1.82) is 0 Å². The molecule has 31 heavy (non-hydrogen) atoms. The van der Waals surface area contributed by atoms with Crippen molar-refractivity contribution >= 4 is 11.7 Å². The first-order chi connectivity index (χ1) is 15.0. The molecule has 0 bridgehead atoms. The third kappa shape index (κ3) is 7.15. The Morgan fingerprint density at radius 2 is 2.00 bits per heavy atom. The van der Waals surface area contributed by atoms with E-state index in [-0.39, 0.29) is 31.0 Å². The van der Waals surface area contributed by atoms with E-state index >= 15 is 0 Å². The highest BCUT2D eigenvalue weighted by Gasteiger charge is 2.26. The Hall–Kier alpha value is -2.77. The van der Waals surface area contributed by atoms with Gasteiger partial charge in [-0.25, -0.2) is 4.39 Å². The van der Waals surface area contributed by atoms with E-state index in [0.29, 0.717) is 37.9 Å². The van der Waals surface area contributed by atoms with Crippen LogP contribution >= 0.6 is 0 Å². The van der Waals surface area contributed by atoms with E-state index in [1.165, 1.54) is 6.07 Å². The van der Waals surface area contributed by atoms with Crippen molar-refractivity contribution in [3.05, 3.63) is 71.5 Å². The minimum atomic E-state index is -0.886. The number of ether oxygens (including phenoxy) is 1. The Morgan fingerprint density at radius 1 is 1.26 bits per heavy atom. The van der Waals surface area contributed by atoms with Crippen molar-refractivity contribution < 1.29 is 23.9 Å². The van der Waals surface area contributed by atoms with Crippen LogP contribution in [0.1, 0.15) is 37.3 Å². The monoisotopic (exact) mass is 428 g/mol. The van der Waals surface area contributed by atoms with Gasteiger partial charge in [-0.2, -0.15) is 0 Å². The van der Waals surface area contributed by atoms with E-state index in [0.717, 1.165) is 11.3 Å². The topological polar surface area (TPSA) is 71.4 Å². The average molecular weight is 429 g/mol. The summed E-state index contributed by atoms with van der Waals surface area (Å²) in [6.07, 6.45) is 0.540. The summed E-state index contributed by atoms with van der Waals surface area (Å²) in [5.74, 6) is -0.632. The highest BCUT2D eigenvalue weighted by Crippen LogP contribution is 2.19. The summed E-state index contributed by atoms with van der Waals surface area (Å²) in [4.78, 5) is 19.1. The zero-order chi connectivity index (χ0) is 22.1. The van der Waals surface area contributed by atoms with E-state index < -0.39 is 6.10 Å². The van der Waals surface area contributed by atoms with Gasteiger partial charge in [-0.3, -0.25) is 9.69 Å². The molecule has 2 aromatic carbocycles. The molecule has 6 nitrogen and oxygen atoms in total. The van der Waals surface area contributed by atoms with E-state index in [9.17, 15) is 14.3 Å². The smallest absolute Gasteiger partial charge is 0.305 e. The molecular formula is C24H29FN2O4. The Morgan fingerprint density at radius 3 is 2.74 bits per heavy atom. The van der Waals surface area contributed by atoms with Crippen molar-refractivity contribution in [2.24, 2.45) is 5.16 Å². The fourth-order valence-electron chi connectivity index (χ4n) is 3.50. The summed E-state index contributed by atoms with van der Waals surface area (Å²) in [5.41, 5.74) is 2.40. The molecule has 0 saturated heterocycles. The maximum absolute atomic E-state index is 14.2. The van der Waals surface area contributed by atoms with Gasteiger partial charge in [-0.1, -0.05) is 60.6 Å². The van der Waals surface area contributed by atoms with Crippen LogP contribution in [0.3, 0.4) is 0 Å². The summed E-state index contributed by atoms with van der Waals surface area (Å²) < 4.78 is 19.3. The number of benzene rings is 2. The van der Waals surface area contributed by atoms with Crippen LogP contribution in [0.25, 0.3) is 0 Å². The molecule has 166 valence electrons. The summed E-state index contributed by atoms with van der Waals surface area (Å²) >= 11 is 0. The average Bonchev–Trinajstić information content (AvgIpc) is 3.23. The lowest BCUT2D eigenvalue weighted by molar-refractivity contribution is -0.147. The fourth-order valence-corrected chi connectivity index (χ4v) is 3.50. The zero-order valence-electron chi connectivity index (χ0n) is 17.7. The largest absolute Gasteiger partial charge is 0.463 e. The third-order valence-electron chi connectivity index (χ3n) is 5.01. The highest BCUT2D eigenvalue weighted by atomic mass is 19.1. The second-order valence-electron chi connectivity index (χ2n) is 7.71. The Kier molecular flexibility index (Phi) is 8.55. The summed E-state index contributed by atoms with van der Waals surface area (Å²) in [7, 11) is 0. The van der Waals surface area contributed by atoms with E-state index in [1.54, 1.807) is 18.2 Å². The molecule has 0 radical (unpaired) electrons. The standard InChI is InChI=1S/C24H29FN2O4/c1-2-8-24(29)30-17-20(28)15-27(14-19-11-6-7-12-22(19)25)16-21-13-23(26-31-21)18-9-4-3-5-10-18/h3-7,9-12,20-21,28H,2,8,13-17H2,1H3/t20-,21-/m1/s1. The molecule has 3 rings (SSSR count). The molecule has 1 aliphatic rings. The molecule has 0 spiro atoms. The number of rotatable bonds is 11. The van der Waals surface area contributed by atoms with Crippen molar-refractivity contribution in [3.8, 4) is 0 Å². The van der Waals surface area contributed by atoms with Gasteiger partial charge in [0.15, 0.2) is 0 Å². The molecule has 2 atom stereocenters. The Balaban J connectivity index is 1.60. The van der Waals surface area contributed by atoms with Crippen LogP contribution in [0, 0.1) is 5.82 Å². The first kappa shape index (κ1) is 22.9. The van der Waals surface area contributed by atoms with E-state index in [1.807, 2.05) is 42.2 Å². The van der Waals surface area contributed by atoms with Gasteiger partial charge in [-0.15, -0.1) is 0 Å². The molecule has 1 N–H and O–H groups in total. The van der Waals surface area contributed by atoms with Gasteiger partial charge in [0, 0.05) is 38.0 Å². The quantitative estimate of drug-likeness (QED) is 0.555. The van der Waals surface area contributed by atoms with Gasteiger partial charge in [0.25, 0.3) is 0 Å². The molecule has 2 aromatic rings. The number of carbonyl (C=O) groups excluding carboxylic acids is 1. The lowest BCUT2D eigenvalue weighted by Gasteiger charge is -2.27. The zero-order valence-corrected chi connectivity index (χ0v) is 17.7. The Bertz CT molecular complexity index is 875. The molecular weight excluding hydrogens is 399 g/mol. The van der Waals surface area contributed by atoms with E-state index in [4.69, 9.17) is 9.57 Å². The summed E-state index contributed by atoms with van der Waals surface area (Å²) in [6.45, 7) is 2.76. The van der Waals surface area contributed by atoms with Gasteiger partial charge in [-0.05, 0) is 18.1 Å². The summed E-state index contributed by atoms with van der Waals surface area (Å²) in [5, 5.41) is 14.6. The van der Waals surface area contributed by atoms with Crippen LogP contribution in [0.2, 0.25) is 0 Å². The van der Waals surface area contributed by atoms with Gasteiger partial charge in [0.05, 0.1) is 5.71 Å². The second kappa shape index (κ2) is 11.6. The van der Waals surface area contributed by atoms with Gasteiger partial charge < -0.3 is 14.7 Å². The van der Waals surface area contributed by atoms with E-state index in [2.05, 4.69) is 5.16 Å². The fraction of sp³-hybridized carbons (Fsp3) is 0.417. The first-order valence-electron chi connectivity index (χ1n) is 10.6. The molecule has 0 amide bonds. The number of hydrogen-bond acceptors (Lipinski definition) is 6. The van der Waals surface area contributed by atoms with Crippen molar-refractivity contribution in [2.75, 3.05) is 19.7 Å². The number of esters is 1. The number of halogens is 1. The molecule has 1 heterocycles. The molecule has 0 unspecified atom stereocenters. The minimum Gasteiger partial charge on any atom is -0.463 e. The Labute approximate surface area is 182 Å². The highest BCUT2D eigenvalue weighted by molar-refractivity contribution is 6.01. The van der Waals surface area contributed by atoms with Crippen LogP contribution in [0.15, 0.2) is 59.8 Å². The first-order valence-corrected chi connectivity index (χ1v) is 10.6. The molecule has 1 aliphatic heterocycles. The van der Waals surface area contributed by atoms with Gasteiger partial charge >= 0.3 is 5.97 Å². The molecule has 0 fully saturated rings. The SMILES string of the molecule is CCCC(=O)OC[C@H](O)CN(Cc1ccccc1F)C[C@H]1CC(c2ccccc2)=NO1. The van der Waals surface area contributed by atoms with Crippen LogP contribution in [0.5, 0.6) is 0 Å². The van der Waals surface area contributed by atoms with Gasteiger partial charge in [0.1, 0.15) is 24.6 Å². The third-order valence-corrected chi connectivity index (χ3v) is 5.01. The number of hydrogen-bond donors (Lipinski definition) is 1. The van der Waals surface area contributed by atoms with Crippen molar-refractivity contribution in [3.63, 3.8) is 0 Å². The van der Waals surface area contributed by atoms with Crippen LogP contribution in [0.4, 0.5) is 4.39 Å². The number of carbonyl (C=O) groups is 1. The maximum atomic E-state index is 14.2. The number of oxime groups is 1. The minimum absolute atomic E-state index is 0.0934. The number of aliphatic hydroxyl groups excluding tert-OH is 1. The molecule has 0 saturated carbocycles. The number of nitrogens with zero attached hydrogens (tertiary/aromatic N) is 2. The predicted molar refractivity (Wildman–Crippen MR) is 116 cm³/mol. The van der Waals surface area contributed by atoms with Crippen molar-refractivity contribution in [1.82, 2.24) is 4.90 Å². The molecule has 0 aliphatic carbocycles. The molecule has 7 heteroatoms. The van der Waals surface area contributed by atoms with Crippen LogP contribution < -0.4 is 0 Å². The van der Waals surface area contributed by atoms with Gasteiger partial charge in [0.2, 0.25) is 0 Å². The predicted octanol–water partition coefficient (Wildman–Crippen LogP) is 3.53. The summed E-state index contributed by atoms with van der Waals surface area (Å²) in [6, 6.07) is 16.4. The van der Waals surface area contributed by atoms with Crippen LogP contribution in [-0.2, 0) is 20.9 Å². The number of aliphatic hydroxyl groups is 1.